The number of rotatable bonds is 11. The first-order chi connectivity index (χ1) is 34.1. The molecule has 3 aromatic carbocycles. The lowest BCUT2D eigenvalue weighted by atomic mass is 9.76. The summed E-state index contributed by atoms with van der Waals surface area (Å²) in [7, 11) is 2.64. The Morgan fingerprint density at radius 2 is 1.52 bits per heavy atom. The number of imidazole rings is 2. The summed E-state index contributed by atoms with van der Waals surface area (Å²) in [6, 6.07) is 13.8. The molecule has 0 unspecified atom stereocenters. The van der Waals surface area contributed by atoms with Crippen LogP contribution in [0.5, 0.6) is 5.75 Å². The fourth-order valence-corrected chi connectivity index (χ4v) is 12.8. The summed E-state index contributed by atoms with van der Waals surface area (Å²) >= 11 is 0. The number of aromatic amines is 2. The topological polar surface area (TPSA) is 202 Å². The summed E-state index contributed by atoms with van der Waals surface area (Å²) in [5.41, 5.74) is 5.51. The van der Waals surface area contributed by atoms with Gasteiger partial charge in [0.15, 0.2) is 0 Å². The van der Waals surface area contributed by atoms with Crippen molar-refractivity contribution in [1.82, 2.24) is 40.4 Å². The number of likely N-dealkylation sites (tertiary alicyclic amines) is 2. The van der Waals surface area contributed by atoms with E-state index in [0.717, 1.165) is 93.3 Å². The minimum atomic E-state index is -1.18. The van der Waals surface area contributed by atoms with E-state index in [9.17, 15) is 19.2 Å². The largest absolute Gasteiger partial charge is 0.488 e. The monoisotopic (exact) mass is 973 g/mol. The highest BCUT2D eigenvalue weighted by atomic mass is 16.5. The lowest BCUT2D eigenvalue weighted by Crippen LogP contribution is -2.63. The van der Waals surface area contributed by atoms with Crippen LogP contribution < -0.4 is 15.4 Å². The van der Waals surface area contributed by atoms with E-state index in [2.05, 4.69) is 81.8 Å². The van der Waals surface area contributed by atoms with Crippen LogP contribution in [0.3, 0.4) is 0 Å². The molecule has 7 heterocycles. The van der Waals surface area contributed by atoms with Crippen LogP contribution in [0.15, 0.2) is 48.7 Å². The van der Waals surface area contributed by atoms with Crippen LogP contribution in [0.1, 0.15) is 122 Å². The van der Waals surface area contributed by atoms with E-state index in [1.165, 1.54) is 14.2 Å². The number of nitrogens with one attached hydrogen (secondary N) is 4. The molecule has 4 fully saturated rings. The van der Waals surface area contributed by atoms with Gasteiger partial charge in [-0.1, -0.05) is 18.2 Å². The molecule has 0 radical (unpaired) electrons. The highest BCUT2D eigenvalue weighted by Crippen LogP contribution is 2.45. The summed E-state index contributed by atoms with van der Waals surface area (Å²) in [5.74, 6) is 1.94. The molecule has 5 aliphatic rings. The van der Waals surface area contributed by atoms with E-state index in [0.29, 0.717) is 44.7 Å². The zero-order valence-electron chi connectivity index (χ0n) is 42.1. The van der Waals surface area contributed by atoms with Crippen molar-refractivity contribution in [3.8, 4) is 28.1 Å². The molecule has 0 bridgehead atoms. The quantitative estimate of drug-likeness (QED) is 0.0919. The predicted molar refractivity (Wildman–Crippen MR) is 267 cm³/mol. The number of H-pyrrole nitrogens is 2. The lowest BCUT2D eigenvalue weighted by molar-refractivity contribution is -0.140. The second-order valence-corrected chi connectivity index (χ2v) is 21.1. The third-order valence-electron chi connectivity index (χ3n) is 16.2. The van der Waals surface area contributed by atoms with Crippen molar-refractivity contribution in [2.45, 2.75) is 160 Å². The molecule has 71 heavy (non-hydrogen) atoms. The average molecular weight is 973 g/mol. The van der Waals surface area contributed by atoms with Crippen LogP contribution >= 0.6 is 0 Å². The van der Waals surface area contributed by atoms with E-state index in [-0.39, 0.29) is 66.3 Å². The summed E-state index contributed by atoms with van der Waals surface area (Å²) in [4.78, 5) is 74.8. The third kappa shape index (κ3) is 9.25. The minimum Gasteiger partial charge on any atom is -0.488 e. The molecule has 0 aliphatic carbocycles. The number of fused-ring (bicyclic) bond motifs is 6. The highest BCUT2D eigenvalue weighted by molar-refractivity contribution is 6.07. The first-order valence-corrected chi connectivity index (χ1v) is 25.5. The number of methoxy groups -OCH3 is 2. The van der Waals surface area contributed by atoms with Gasteiger partial charge >= 0.3 is 12.2 Å². The van der Waals surface area contributed by atoms with Gasteiger partial charge in [-0.25, -0.2) is 19.6 Å². The van der Waals surface area contributed by atoms with Crippen molar-refractivity contribution in [3.63, 3.8) is 0 Å². The molecule has 5 aliphatic heterocycles. The molecule has 4 saturated heterocycles. The molecular weight excluding hydrogens is 905 g/mol. The van der Waals surface area contributed by atoms with Gasteiger partial charge in [-0.15, -0.1) is 0 Å². The average Bonchev–Trinajstić information content (AvgIpc) is 4.17. The molecular formula is C54H68N8O9. The van der Waals surface area contributed by atoms with E-state index in [1.807, 2.05) is 38.8 Å². The molecule has 2 aromatic heterocycles. The fraction of sp³-hybridized carbons (Fsp3) is 0.556. The van der Waals surface area contributed by atoms with Crippen molar-refractivity contribution in [3.05, 3.63) is 65.9 Å². The zero-order chi connectivity index (χ0) is 49.9. The number of ether oxygens (including phenoxy) is 5. The number of aldehydes is 1. The summed E-state index contributed by atoms with van der Waals surface area (Å²) in [6.45, 7) is 13.0. The first kappa shape index (κ1) is 48.6. The van der Waals surface area contributed by atoms with Crippen molar-refractivity contribution in [2.75, 3.05) is 20.8 Å². The SMILES string of the molecule is COC(=O)N[C@H](C(=O)N1[C@@H](C)CC[C@H]1c1ncc(-c2ccc3c(c2)COc2cc4c(ccc5[nH]c([C@@H]6CC[C@H](C)N6C[C@](C=O)(NC(=O)OC)C6C[C@@H](C)O[C@H](C)C6)nc54)cc2-3)[nH]1)C1C[C@@H](C)O[C@H](C)C1. The molecule has 4 N–H and O–H groups in total. The Balaban J connectivity index is 0.894. The summed E-state index contributed by atoms with van der Waals surface area (Å²) in [5, 5.41) is 7.89. The molecule has 3 amide bonds. The minimum absolute atomic E-state index is 0.0327. The van der Waals surface area contributed by atoms with Gasteiger partial charge in [0.05, 0.1) is 73.6 Å². The summed E-state index contributed by atoms with van der Waals surface area (Å²) < 4.78 is 28.6. The van der Waals surface area contributed by atoms with Gasteiger partial charge < -0.3 is 54.0 Å². The van der Waals surface area contributed by atoms with E-state index in [1.54, 1.807) is 0 Å². The van der Waals surface area contributed by atoms with Gasteiger partial charge in [0.2, 0.25) is 5.91 Å². The molecule has 17 nitrogen and oxygen atoms in total. The van der Waals surface area contributed by atoms with Gasteiger partial charge in [-0.2, -0.15) is 0 Å². The maximum atomic E-state index is 14.5. The van der Waals surface area contributed by atoms with Crippen molar-refractivity contribution < 1.29 is 42.9 Å². The molecule has 378 valence electrons. The van der Waals surface area contributed by atoms with Gasteiger partial charge in [0.1, 0.15) is 41.9 Å². The molecule has 5 aromatic rings. The fourth-order valence-electron chi connectivity index (χ4n) is 12.8. The number of carbonyl (C=O) groups is 4. The van der Waals surface area contributed by atoms with Crippen LogP contribution in [-0.2, 0) is 35.1 Å². The maximum absolute atomic E-state index is 14.5. The highest BCUT2D eigenvalue weighted by Gasteiger charge is 2.49. The normalized spacial score (nSPS) is 28.9. The molecule has 0 saturated carbocycles. The zero-order valence-corrected chi connectivity index (χ0v) is 42.1. The van der Waals surface area contributed by atoms with Crippen molar-refractivity contribution in [1.29, 1.82) is 0 Å². The Hall–Kier alpha value is -6.04. The Kier molecular flexibility index (Phi) is 13.4. The number of nitrogens with zero attached hydrogens (tertiary/aromatic N) is 4. The Morgan fingerprint density at radius 3 is 2.24 bits per heavy atom. The number of amides is 3. The van der Waals surface area contributed by atoms with E-state index in [4.69, 9.17) is 33.7 Å². The third-order valence-corrected chi connectivity index (χ3v) is 16.2. The molecule has 10 atom stereocenters. The van der Waals surface area contributed by atoms with Crippen molar-refractivity contribution in [2.24, 2.45) is 11.8 Å². The van der Waals surface area contributed by atoms with Gasteiger partial charge in [-0.3, -0.25) is 9.69 Å². The van der Waals surface area contributed by atoms with Gasteiger partial charge in [0, 0.05) is 29.6 Å². The Bertz CT molecular complexity index is 2810. The van der Waals surface area contributed by atoms with Gasteiger partial charge in [0.25, 0.3) is 0 Å². The number of hydrogen-bond acceptors (Lipinski definition) is 12. The smallest absolute Gasteiger partial charge is 0.407 e. The van der Waals surface area contributed by atoms with Crippen LogP contribution in [0, 0.1) is 11.8 Å². The lowest BCUT2D eigenvalue weighted by Gasteiger charge is -2.45. The van der Waals surface area contributed by atoms with E-state index < -0.39 is 23.8 Å². The van der Waals surface area contributed by atoms with Crippen LogP contribution in [0.25, 0.3) is 44.2 Å². The Morgan fingerprint density at radius 1 is 0.817 bits per heavy atom. The number of aromatic nitrogens is 4. The van der Waals surface area contributed by atoms with Gasteiger partial charge in [-0.05, 0) is 151 Å². The standard InChI is InChI=1S/C54H68N8O9/c1-28-9-15-44(61(28)26-54(27-63,60-53(66)68-8)38-19-32(5)71-33(6)20-38)50-56-42-14-12-34-22-41-39-13-11-35(21-37(39)25-69-46(41)23-40(34)48(42)58-50)43-24-55-49(57-43)45-16-10-29(2)62(45)51(64)47(59-52(65)67-7)36-17-30(3)70-31(4)18-36/h11-14,21-24,27-33,36,38,44-45,47H,9-10,15-20,25-26H2,1-8H3,(H,55,57)(H,56,58)(H,59,65)(H,60,66)/t28-,29-,30+,31+,32+,33+,44-,45-,47-,54+/m0/s1. The number of carbonyl (C=O) groups excluding carboxylic acids is 4. The maximum Gasteiger partial charge on any atom is 0.407 e. The van der Waals surface area contributed by atoms with Crippen LogP contribution in [-0.4, -0.2) is 123 Å². The van der Waals surface area contributed by atoms with Crippen molar-refractivity contribution >= 4 is 46.2 Å². The Labute approximate surface area is 414 Å². The van der Waals surface area contributed by atoms with Crippen LogP contribution in [0.2, 0.25) is 0 Å². The predicted octanol–water partition coefficient (Wildman–Crippen LogP) is 8.67. The first-order valence-electron chi connectivity index (χ1n) is 25.5. The van der Waals surface area contributed by atoms with E-state index >= 15 is 0 Å². The molecule has 10 rings (SSSR count). The molecule has 0 spiro atoms. The number of benzene rings is 3. The molecule has 17 heteroatoms. The second-order valence-electron chi connectivity index (χ2n) is 21.1. The van der Waals surface area contributed by atoms with Crippen LogP contribution in [0.4, 0.5) is 9.59 Å². The number of hydrogen-bond donors (Lipinski definition) is 4. The second kappa shape index (κ2) is 19.5. The number of alkyl carbamates (subject to hydrolysis) is 2. The summed E-state index contributed by atoms with van der Waals surface area (Å²) in [6.07, 6.45) is 7.22.